The Morgan fingerprint density at radius 1 is 1.45 bits per heavy atom. The smallest absolute Gasteiger partial charge is 0.387 e. The summed E-state index contributed by atoms with van der Waals surface area (Å²) in [6.07, 6.45) is -15.8. The second-order valence-corrected chi connectivity index (χ2v) is 4.62. The summed E-state index contributed by atoms with van der Waals surface area (Å²) in [6.45, 7) is 0. The van der Waals surface area contributed by atoms with Gasteiger partial charge in [-0.25, -0.2) is 13.6 Å². The first-order chi connectivity index (χ1) is 10.0. The van der Waals surface area contributed by atoms with Crippen LogP contribution >= 0.6 is 0 Å². The van der Waals surface area contributed by atoms with E-state index in [1.54, 1.807) is 0 Å². The summed E-state index contributed by atoms with van der Waals surface area (Å²) < 4.78 is 57.1. The van der Waals surface area contributed by atoms with Crippen LogP contribution in [-0.4, -0.2) is 55.2 Å². The van der Waals surface area contributed by atoms with Crippen molar-refractivity contribution >= 4 is 5.82 Å². The molecular weight excluding hydrogens is 318 g/mol. The van der Waals surface area contributed by atoms with E-state index in [0.29, 0.717) is 4.57 Å². The van der Waals surface area contributed by atoms with Crippen molar-refractivity contribution in [2.75, 3.05) is 5.73 Å². The predicted molar refractivity (Wildman–Crippen MR) is 60.9 cm³/mol. The highest BCUT2D eigenvalue weighted by molar-refractivity contribution is 5.23. The Kier molecular flexibility index (Phi) is 3.89. The number of nitrogen functional groups attached to an aromatic ring is 1. The fraction of sp³-hybridized carbons (Fsp3) is 0.600. The highest BCUT2D eigenvalue weighted by Crippen LogP contribution is 2.48. The molecule has 4 atom stereocenters. The van der Waals surface area contributed by atoms with E-state index < -0.39 is 42.3 Å². The van der Waals surface area contributed by atoms with E-state index in [4.69, 9.17) is 10.8 Å². The molecule has 1 aromatic rings. The van der Waals surface area contributed by atoms with Crippen LogP contribution in [-0.2, 0) is 4.74 Å². The Labute approximate surface area is 119 Å². The molecule has 8 nitrogen and oxygen atoms in total. The second-order valence-electron chi connectivity index (χ2n) is 4.62. The second kappa shape index (κ2) is 5.15. The SMILES string of the molecule is Nc1ccn([C@@H]2O[C@](C(F)F)(C(O)(F)F)[C@@H](O)[C@H]2O)c(=O)n1. The normalized spacial score (nSPS) is 32.6. The number of nitrogens with zero attached hydrogens (tertiary/aromatic N) is 2. The number of halogens is 4. The number of alkyl halides is 4. The molecule has 2 rings (SSSR count). The third-order valence-corrected chi connectivity index (χ3v) is 3.29. The highest BCUT2D eigenvalue weighted by atomic mass is 19.3. The van der Waals surface area contributed by atoms with Gasteiger partial charge in [-0.2, -0.15) is 13.8 Å². The molecule has 1 fully saturated rings. The van der Waals surface area contributed by atoms with Crippen LogP contribution in [0.15, 0.2) is 17.1 Å². The first kappa shape index (κ1) is 16.6. The molecule has 22 heavy (non-hydrogen) atoms. The number of aliphatic hydroxyl groups is 3. The zero-order valence-electron chi connectivity index (χ0n) is 10.6. The van der Waals surface area contributed by atoms with Gasteiger partial charge in [-0.1, -0.05) is 0 Å². The summed E-state index contributed by atoms with van der Waals surface area (Å²) in [5, 5.41) is 27.9. The van der Waals surface area contributed by atoms with Crippen LogP contribution in [0.4, 0.5) is 23.4 Å². The van der Waals surface area contributed by atoms with Crippen molar-refractivity contribution in [2.45, 2.75) is 36.6 Å². The van der Waals surface area contributed by atoms with Crippen LogP contribution in [0, 0.1) is 0 Å². The number of rotatable bonds is 3. The van der Waals surface area contributed by atoms with E-state index in [1.165, 1.54) is 0 Å². The molecule has 1 saturated heterocycles. The molecule has 0 radical (unpaired) electrons. The van der Waals surface area contributed by atoms with Crippen LogP contribution in [0.3, 0.4) is 0 Å². The molecule has 0 unspecified atom stereocenters. The molecule has 1 aromatic heterocycles. The van der Waals surface area contributed by atoms with E-state index in [1.807, 2.05) is 0 Å². The van der Waals surface area contributed by atoms with Gasteiger partial charge in [0.05, 0.1) is 0 Å². The molecule has 2 heterocycles. The molecule has 5 N–H and O–H groups in total. The zero-order valence-corrected chi connectivity index (χ0v) is 10.6. The fourth-order valence-corrected chi connectivity index (χ4v) is 2.15. The van der Waals surface area contributed by atoms with Crippen molar-refractivity contribution in [1.82, 2.24) is 9.55 Å². The topological polar surface area (TPSA) is 131 Å². The van der Waals surface area contributed by atoms with E-state index >= 15 is 0 Å². The monoisotopic (exact) mass is 329 g/mol. The van der Waals surface area contributed by atoms with Crippen molar-refractivity contribution in [2.24, 2.45) is 0 Å². The maximum atomic E-state index is 13.2. The molecular formula is C10H11F4N3O5. The first-order valence-corrected chi connectivity index (χ1v) is 5.79. The molecule has 1 aliphatic heterocycles. The average molecular weight is 329 g/mol. The lowest BCUT2D eigenvalue weighted by Gasteiger charge is -2.34. The number of ether oxygens (including phenoxy) is 1. The molecule has 0 amide bonds. The minimum Gasteiger partial charge on any atom is -0.387 e. The summed E-state index contributed by atoms with van der Waals surface area (Å²) in [5.41, 5.74) is -0.0896. The van der Waals surface area contributed by atoms with Gasteiger partial charge in [0.2, 0.25) is 5.60 Å². The number of nitrogens with two attached hydrogens (primary N) is 1. The lowest BCUT2D eigenvalue weighted by atomic mass is 9.94. The zero-order chi connectivity index (χ0) is 16.9. The maximum absolute atomic E-state index is 13.2. The third-order valence-electron chi connectivity index (χ3n) is 3.29. The Bertz CT molecular complexity index is 621. The van der Waals surface area contributed by atoms with Gasteiger partial charge in [0.15, 0.2) is 6.23 Å². The van der Waals surface area contributed by atoms with Crippen LogP contribution in [0.1, 0.15) is 6.23 Å². The van der Waals surface area contributed by atoms with Crippen molar-refractivity contribution in [3.8, 4) is 0 Å². The van der Waals surface area contributed by atoms with Gasteiger partial charge < -0.3 is 25.8 Å². The van der Waals surface area contributed by atoms with E-state index in [2.05, 4.69) is 9.72 Å². The minimum absolute atomic E-state index is 0.248. The summed E-state index contributed by atoms with van der Waals surface area (Å²) in [6, 6.07) is 1.02. The molecule has 0 bridgehead atoms. The van der Waals surface area contributed by atoms with Crippen molar-refractivity contribution in [3.05, 3.63) is 22.7 Å². The van der Waals surface area contributed by atoms with Gasteiger partial charge in [0, 0.05) is 6.20 Å². The lowest BCUT2D eigenvalue weighted by Crippen LogP contribution is -2.61. The summed E-state index contributed by atoms with van der Waals surface area (Å²) >= 11 is 0. The largest absolute Gasteiger partial charge is 0.390 e. The summed E-state index contributed by atoms with van der Waals surface area (Å²) in [7, 11) is 0. The summed E-state index contributed by atoms with van der Waals surface area (Å²) in [5.74, 6) is -0.248. The number of aliphatic hydroxyl groups excluding tert-OH is 2. The molecule has 0 saturated carbocycles. The number of anilines is 1. The number of aromatic nitrogens is 2. The molecule has 0 spiro atoms. The third kappa shape index (κ3) is 2.24. The Balaban J connectivity index is 2.52. The summed E-state index contributed by atoms with van der Waals surface area (Å²) in [4.78, 5) is 14.8. The highest BCUT2D eigenvalue weighted by Gasteiger charge is 2.73. The van der Waals surface area contributed by atoms with Crippen LogP contribution in [0.25, 0.3) is 0 Å². The molecule has 0 aliphatic carbocycles. The van der Waals surface area contributed by atoms with Crippen LogP contribution in [0.2, 0.25) is 0 Å². The van der Waals surface area contributed by atoms with Gasteiger partial charge in [0.1, 0.15) is 18.0 Å². The Morgan fingerprint density at radius 2 is 2.05 bits per heavy atom. The average Bonchev–Trinajstić information content (AvgIpc) is 2.64. The predicted octanol–water partition coefficient (Wildman–Crippen LogP) is -1.33. The molecule has 0 aromatic carbocycles. The standard InChI is InChI=1S/C10H11F4N3O5/c11-7(12)9(10(13,14)21)5(19)4(18)6(22-9)17-2-1-3(15)16-8(17)20/h1-2,4-7,18-19,21H,(H2,15,16,20)/t4-,5+,6-,9-/m1/s1. The number of hydrogen-bond donors (Lipinski definition) is 4. The van der Waals surface area contributed by atoms with Crippen LogP contribution in [0.5, 0.6) is 0 Å². The minimum atomic E-state index is -5.19. The van der Waals surface area contributed by atoms with Crippen molar-refractivity contribution in [1.29, 1.82) is 0 Å². The van der Waals surface area contributed by atoms with E-state index in [9.17, 15) is 32.6 Å². The van der Waals surface area contributed by atoms with Gasteiger partial charge in [0.25, 0.3) is 6.43 Å². The van der Waals surface area contributed by atoms with Gasteiger partial charge >= 0.3 is 11.8 Å². The molecule has 124 valence electrons. The fourth-order valence-electron chi connectivity index (χ4n) is 2.15. The van der Waals surface area contributed by atoms with Crippen molar-refractivity contribution in [3.63, 3.8) is 0 Å². The Hall–Kier alpha value is -1.76. The van der Waals surface area contributed by atoms with Crippen molar-refractivity contribution < 1.29 is 37.6 Å². The first-order valence-electron chi connectivity index (χ1n) is 5.79. The van der Waals surface area contributed by atoms with Gasteiger partial charge in [-0.3, -0.25) is 4.57 Å². The van der Waals surface area contributed by atoms with E-state index in [-0.39, 0.29) is 5.82 Å². The van der Waals surface area contributed by atoms with Gasteiger partial charge in [-0.05, 0) is 6.07 Å². The molecule has 1 aliphatic rings. The molecule has 12 heteroatoms. The Morgan fingerprint density at radius 3 is 2.45 bits per heavy atom. The van der Waals surface area contributed by atoms with Gasteiger partial charge in [-0.15, -0.1) is 0 Å². The number of hydrogen-bond acceptors (Lipinski definition) is 7. The van der Waals surface area contributed by atoms with E-state index in [0.717, 1.165) is 12.3 Å². The van der Waals surface area contributed by atoms with Crippen LogP contribution < -0.4 is 11.4 Å². The quantitative estimate of drug-likeness (QED) is 0.505. The maximum Gasteiger partial charge on any atom is 0.390 e. The lowest BCUT2D eigenvalue weighted by molar-refractivity contribution is -0.363.